The first-order chi connectivity index (χ1) is 18.0. The molecule has 0 spiro atoms. The molecule has 1 saturated heterocycles. The predicted molar refractivity (Wildman–Crippen MR) is 139 cm³/mol. The molecule has 37 heavy (non-hydrogen) atoms. The largest absolute Gasteiger partial charge is 0.507 e. The third-order valence-corrected chi connectivity index (χ3v) is 6.47. The average molecular weight is 491 g/mol. The van der Waals surface area contributed by atoms with Gasteiger partial charge >= 0.3 is 0 Å². The maximum Gasteiger partial charge on any atom is 0.300 e. The van der Waals surface area contributed by atoms with E-state index in [1.165, 1.54) is 19.1 Å². The van der Waals surface area contributed by atoms with Gasteiger partial charge in [-0.05, 0) is 58.8 Å². The van der Waals surface area contributed by atoms with Gasteiger partial charge < -0.3 is 14.6 Å². The monoisotopic (exact) mass is 490 g/mol. The van der Waals surface area contributed by atoms with E-state index in [4.69, 9.17) is 9.47 Å². The summed E-state index contributed by atoms with van der Waals surface area (Å²) >= 11 is 0. The van der Waals surface area contributed by atoms with E-state index in [0.717, 1.165) is 10.8 Å². The molecule has 7 nitrogen and oxygen atoms in total. The van der Waals surface area contributed by atoms with Gasteiger partial charge in [0.1, 0.15) is 5.76 Å². The van der Waals surface area contributed by atoms with Gasteiger partial charge in [0.05, 0.1) is 37.5 Å². The van der Waals surface area contributed by atoms with Crippen molar-refractivity contribution in [2.45, 2.75) is 6.04 Å². The number of aliphatic hydroxyl groups excluding tert-OH is 1. The summed E-state index contributed by atoms with van der Waals surface area (Å²) in [7, 11) is 3.01. The van der Waals surface area contributed by atoms with Gasteiger partial charge in [0.25, 0.3) is 11.7 Å². The number of carbonyl (C=O) groups excluding carboxylic acids is 2. The molecule has 0 radical (unpaired) electrons. The van der Waals surface area contributed by atoms with Crippen molar-refractivity contribution >= 4 is 33.9 Å². The molecule has 1 fully saturated rings. The highest BCUT2D eigenvalue weighted by Gasteiger charge is 2.47. The molecule has 0 aliphatic carbocycles. The van der Waals surface area contributed by atoms with E-state index in [1.807, 2.05) is 36.4 Å². The minimum atomic E-state index is -0.945. The molecule has 5 rings (SSSR count). The van der Waals surface area contributed by atoms with Crippen LogP contribution in [0.3, 0.4) is 0 Å². The fourth-order valence-corrected chi connectivity index (χ4v) is 4.63. The molecule has 1 heterocycles. The van der Waals surface area contributed by atoms with Crippen molar-refractivity contribution in [2.24, 2.45) is 0 Å². The molecule has 4 aromatic carbocycles. The van der Waals surface area contributed by atoms with Crippen LogP contribution in [0.15, 0.2) is 90.5 Å². The van der Waals surface area contributed by atoms with Crippen LogP contribution in [-0.2, 0) is 9.59 Å². The predicted octanol–water partition coefficient (Wildman–Crippen LogP) is 5.35. The maximum atomic E-state index is 13.4. The minimum Gasteiger partial charge on any atom is -0.507 e. The first-order valence-corrected chi connectivity index (χ1v) is 11.5. The number of rotatable bonds is 5. The van der Waals surface area contributed by atoms with E-state index in [0.29, 0.717) is 33.9 Å². The summed E-state index contributed by atoms with van der Waals surface area (Å²) in [6, 6.07) is 25.6. The number of hydrogen-bond donors (Lipinski definition) is 1. The Labute approximate surface area is 213 Å². The van der Waals surface area contributed by atoms with E-state index in [-0.39, 0.29) is 11.3 Å². The zero-order chi connectivity index (χ0) is 26.1. The summed E-state index contributed by atoms with van der Waals surface area (Å²) in [5.74, 6) is -0.978. The van der Waals surface area contributed by atoms with E-state index in [1.54, 1.807) is 54.6 Å². The van der Waals surface area contributed by atoms with E-state index in [9.17, 15) is 20.0 Å². The Bertz CT molecular complexity index is 1620. The second kappa shape index (κ2) is 9.51. The molecular formula is C30H22N2O5. The fourth-order valence-electron chi connectivity index (χ4n) is 4.63. The number of anilines is 1. The number of ketones is 1. The molecule has 1 amide bonds. The molecular weight excluding hydrogens is 468 g/mol. The number of hydrogen-bond acceptors (Lipinski definition) is 6. The SMILES string of the molecule is COc1ccc(C2/C(=C(\O)c3ccc4ccccc4c3)C(=O)C(=O)N2c2ccc(C#N)cc2)cc1OC. The first kappa shape index (κ1) is 23.6. The van der Waals surface area contributed by atoms with Gasteiger partial charge in [0, 0.05) is 11.3 Å². The lowest BCUT2D eigenvalue weighted by Gasteiger charge is -2.26. The molecule has 7 heteroatoms. The highest BCUT2D eigenvalue weighted by molar-refractivity contribution is 6.51. The van der Waals surface area contributed by atoms with Crippen molar-refractivity contribution in [3.05, 3.63) is 107 Å². The Balaban J connectivity index is 1.74. The molecule has 1 N–H and O–H groups in total. The fraction of sp³-hybridized carbons (Fsp3) is 0.100. The quantitative estimate of drug-likeness (QED) is 0.230. The van der Waals surface area contributed by atoms with Gasteiger partial charge in [-0.3, -0.25) is 14.5 Å². The average Bonchev–Trinajstić information content (AvgIpc) is 3.21. The summed E-state index contributed by atoms with van der Waals surface area (Å²) in [6.45, 7) is 0. The summed E-state index contributed by atoms with van der Waals surface area (Å²) in [6.07, 6.45) is 0. The van der Waals surface area contributed by atoms with Crippen LogP contribution in [0, 0.1) is 11.3 Å². The smallest absolute Gasteiger partial charge is 0.300 e. The van der Waals surface area contributed by atoms with Crippen molar-refractivity contribution in [3.8, 4) is 17.6 Å². The molecule has 0 bridgehead atoms. The Morgan fingerprint density at radius 1 is 0.865 bits per heavy atom. The van der Waals surface area contributed by atoms with Crippen LogP contribution in [0.4, 0.5) is 5.69 Å². The van der Waals surface area contributed by atoms with Gasteiger partial charge in [0.15, 0.2) is 11.5 Å². The van der Waals surface area contributed by atoms with Crippen LogP contribution in [0.1, 0.15) is 22.7 Å². The van der Waals surface area contributed by atoms with E-state index in [2.05, 4.69) is 0 Å². The standard InChI is InChI=1S/C30H22N2O5/c1-36-24-14-11-21(16-25(24)37-2)27-26(28(33)22-10-9-19-5-3-4-6-20(19)15-22)29(34)30(35)32(27)23-12-7-18(17-31)8-13-23/h3-16,27,33H,1-2H3/b28-26+. The number of fused-ring (bicyclic) bond motifs is 1. The lowest BCUT2D eigenvalue weighted by atomic mass is 9.94. The van der Waals surface area contributed by atoms with Crippen molar-refractivity contribution in [1.29, 1.82) is 5.26 Å². The number of amides is 1. The summed E-state index contributed by atoms with van der Waals surface area (Å²) in [4.78, 5) is 28.2. The van der Waals surface area contributed by atoms with E-state index < -0.39 is 17.7 Å². The molecule has 0 saturated carbocycles. The Hall–Kier alpha value is -5.09. The van der Waals surface area contributed by atoms with Gasteiger partial charge in [0.2, 0.25) is 0 Å². The third kappa shape index (κ3) is 4.05. The zero-order valence-corrected chi connectivity index (χ0v) is 20.1. The summed E-state index contributed by atoms with van der Waals surface area (Å²) in [5, 5.41) is 22.5. The summed E-state index contributed by atoms with van der Waals surface area (Å²) < 4.78 is 10.8. The topological polar surface area (TPSA) is 99.9 Å². The number of nitrogens with zero attached hydrogens (tertiary/aromatic N) is 2. The Morgan fingerprint density at radius 2 is 1.57 bits per heavy atom. The molecule has 1 aliphatic heterocycles. The van der Waals surface area contributed by atoms with Gasteiger partial charge in [-0.15, -0.1) is 0 Å². The third-order valence-electron chi connectivity index (χ3n) is 6.47. The second-order valence-corrected chi connectivity index (χ2v) is 8.50. The van der Waals surface area contributed by atoms with Crippen LogP contribution in [-0.4, -0.2) is 31.0 Å². The molecule has 1 atom stereocenters. The first-order valence-electron chi connectivity index (χ1n) is 11.5. The lowest BCUT2D eigenvalue weighted by molar-refractivity contribution is -0.132. The molecule has 1 aliphatic rings. The summed E-state index contributed by atoms with van der Waals surface area (Å²) in [5.41, 5.74) is 1.75. The highest BCUT2D eigenvalue weighted by atomic mass is 16.5. The number of carbonyl (C=O) groups is 2. The number of benzene rings is 4. The van der Waals surface area contributed by atoms with Gasteiger partial charge in [-0.25, -0.2) is 0 Å². The molecule has 182 valence electrons. The number of methoxy groups -OCH3 is 2. The van der Waals surface area contributed by atoms with Crippen LogP contribution >= 0.6 is 0 Å². The highest BCUT2D eigenvalue weighted by Crippen LogP contribution is 2.44. The molecule has 0 aromatic heterocycles. The number of Topliss-reactive ketones (excluding diaryl/α,β-unsaturated/α-hetero) is 1. The van der Waals surface area contributed by atoms with Crippen LogP contribution < -0.4 is 14.4 Å². The molecule has 1 unspecified atom stereocenters. The van der Waals surface area contributed by atoms with Crippen LogP contribution in [0.25, 0.3) is 16.5 Å². The zero-order valence-electron chi connectivity index (χ0n) is 20.1. The van der Waals surface area contributed by atoms with Gasteiger partial charge in [-0.2, -0.15) is 5.26 Å². The van der Waals surface area contributed by atoms with Crippen molar-refractivity contribution < 1.29 is 24.2 Å². The van der Waals surface area contributed by atoms with Crippen LogP contribution in [0.5, 0.6) is 11.5 Å². The lowest BCUT2D eigenvalue weighted by Crippen LogP contribution is -2.29. The van der Waals surface area contributed by atoms with Crippen LogP contribution in [0.2, 0.25) is 0 Å². The Kier molecular flexibility index (Phi) is 6.08. The normalized spacial score (nSPS) is 16.6. The minimum absolute atomic E-state index is 0.0446. The second-order valence-electron chi connectivity index (χ2n) is 8.50. The maximum absolute atomic E-state index is 13.4. The van der Waals surface area contributed by atoms with E-state index >= 15 is 0 Å². The number of nitriles is 1. The molecule has 4 aromatic rings. The van der Waals surface area contributed by atoms with Crippen molar-refractivity contribution in [2.75, 3.05) is 19.1 Å². The number of aliphatic hydroxyl groups is 1. The van der Waals surface area contributed by atoms with Crippen molar-refractivity contribution in [3.63, 3.8) is 0 Å². The van der Waals surface area contributed by atoms with Crippen molar-refractivity contribution in [1.82, 2.24) is 0 Å². The number of ether oxygens (including phenoxy) is 2. The van der Waals surface area contributed by atoms with Gasteiger partial charge in [-0.1, -0.05) is 42.5 Å². The Morgan fingerprint density at radius 3 is 2.24 bits per heavy atom.